The Labute approximate surface area is 147 Å². The number of nitrogens with zero attached hydrogens (tertiary/aromatic N) is 4. The van der Waals surface area contributed by atoms with Crippen molar-refractivity contribution in [1.82, 2.24) is 24.9 Å². The van der Waals surface area contributed by atoms with Gasteiger partial charge < -0.3 is 5.32 Å². The van der Waals surface area contributed by atoms with Gasteiger partial charge >= 0.3 is 0 Å². The molecule has 1 N–H and O–H groups in total. The van der Waals surface area contributed by atoms with Crippen LogP contribution >= 0.6 is 0 Å². The molecular weight excluding hydrogens is 314 g/mol. The lowest BCUT2D eigenvalue weighted by atomic mass is 10.1. The van der Waals surface area contributed by atoms with Crippen molar-refractivity contribution in [3.63, 3.8) is 0 Å². The summed E-state index contributed by atoms with van der Waals surface area (Å²) < 4.78 is 3.63. The zero-order valence-electron chi connectivity index (χ0n) is 15.6. The van der Waals surface area contributed by atoms with Gasteiger partial charge in [-0.1, -0.05) is 18.6 Å². The molecule has 1 aromatic carbocycles. The third-order valence-corrected chi connectivity index (χ3v) is 4.71. The minimum atomic E-state index is -0.0558. The second kappa shape index (κ2) is 6.70. The molecule has 0 spiro atoms. The highest BCUT2D eigenvalue weighted by Crippen LogP contribution is 2.19. The first-order valence-electron chi connectivity index (χ1n) is 8.62. The van der Waals surface area contributed by atoms with Crippen LogP contribution in [0.4, 0.5) is 0 Å². The number of rotatable bonds is 5. The highest BCUT2D eigenvalue weighted by molar-refractivity contribution is 5.83. The molecular formula is C19H25N5O. The number of aryl methyl sites for hydroxylation is 3. The van der Waals surface area contributed by atoms with Crippen molar-refractivity contribution in [3.8, 4) is 0 Å². The van der Waals surface area contributed by atoms with Crippen LogP contribution in [0.15, 0.2) is 18.2 Å². The summed E-state index contributed by atoms with van der Waals surface area (Å²) in [5, 5.41) is 13.1. The zero-order chi connectivity index (χ0) is 18.1. The van der Waals surface area contributed by atoms with Gasteiger partial charge in [-0.15, -0.1) is 0 Å². The van der Waals surface area contributed by atoms with Gasteiger partial charge in [-0.2, -0.15) is 10.2 Å². The maximum absolute atomic E-state index is 12.4. The van der Waals surface area contributed by atoms with Crippen molar-refractivity contribution in [3.05, 3.63) is 46.4 Å². The fourth-order valence-corrected chi connectivity index (χ4v) is 3.36. The van der Waals surface area contributed by atoms with Gasteiger partial charge in [0.15, 0.2) is 0 Å². The quantitative estimate of drug-likeness (QED) is 0.777. The molecule has 1 amide bonds. The first-order chi connectivity index (χ1) is 11.9. The summed E-state index contributed by atoms with van der Waals surface area (Å²) in [6, 6.07) is 6.24. The SMILES string of the molecule is CCc1c(C)nn(CC(=O)NCc2nn(C)c3ccc(C)cc23)c1C. The van der Waals surface area contributed by atoms with E-state index in [0.29, 0.717) is 6.54 Å². The maximum Gasteiger partial charge on any atom is 0.242 e. The molecule has 0 bridgehead atoms. The second-order valence-electron chi connectivity index (χ2n) is 6.53. The first kappa shape index (κ1) is 17.2. The van der Waals surface area contributed by atoms with Gasteiger partial charge in [0.25, 0.3) is 0 Å². The van der Waals surface area contributed by atoms with E-state index in [9.17, 15) is 4.79 Å². The molecule has 25 heavy (non-hydrogen) atoms. The van der Waals surface area contributed by atoms with Gasteiger partial charge in [0.1, 0.15) is 6.54 Å². The molecule has 3 aromatic rings. The summed E-state index contributed by atoms with van der Waals surface area (Å²) in [5.74, 6) is -0.0558. The lowest BCUT2D eigenvalue weighted by Crippen LogP contribution is -2.28. The van der Waals surface area contributed by atoms with Gasteiger partial charge in [-0.05, 0) is 44.9 Å². The van der Waals surface area contributed by atoms with Gasteiger partial charge in [-0.25, -0.2) is 0 Å². The van der Waals surface area contributed by atoms with Crippen molar-refractivity contribution in [2.24, 2.45) is 7.05 Å². The van der Waals surface area contributed by atoms with Crippen molar-refractivity contribution >= 4 is 16.8 Å². The average molecular weight is 339 g/mol. The normalized spacial score (nSPS) is 11.2. The smallest absolute Gasteiger partial charge is 0.242 e. The van der Waals surface area contributed by atoms with Crippen molar-refractivity contribution in [2.45, 2.75) is 47.2 Å². The Bertz CT molecular complexity index is 935. The van der Waals surface area contributed by atoms with Crippen LogP contribution in [0.5, 0.6) is 0 Å². The fraction of sp³-hybridized carbons (Fsp3) is 0.421. The molecule has 0 saturated carbocycles. The summed E-state index contributed by atoms with van der Waals surface area (Å²) >= 11 is 0. The molecule has 132 valence electrons. The van der Waals surface area contributed by atoms with E-state index in [2.05, 4.69) is 47.6 Å². The van der Waals surface area contributed by atoms with E-state index in [-0.39, 0.29) is 12.5 Å². The van der Waals surface area contributed by atoms with E-state index in [1.165, 1.54) is 11.1 Å². The van der Waals surface area contributed by atoms with Crippen LogP contribution in [0.25, 0.3) is 10.9 Å². The minimum Gasteiger partial charge on any atom is -0.349 e. The van der Waals surface area contributed by atoms with Gasteiger partial charge in [0.2, 0.25) is 5.91 Å². The Morgan fingerprint density at radius 1 is 1.20 bits per heavy atom. The van der Waals surface area contributed by atoms with Crippen molar-refractivity contribution in [2.75, 3.05) is 0 Å². The lowest BCUT2D eigenvalue weighted by Gasteiger charge is -2.06. The van der Waals surface area contributed by atoms with Gasteiger partial charge in [-0.3, -0.25) is 14.2 Å². The second-order valence-corrected chi connectivity index (χ2v) is 6.53. The molecule has 0 radical (unpaired) electrons. The lowest BCUT2D eigenvalue weighted by molar-refractivity contribution is -0.122. The number of carbonyl (C=O) groups excluding carboxylic acids is 1. The Balaban J connectivity index is 1.72. The topological polar surface area (TPSA) is 64.7 Å². The number of fused-ring (bicyclic) bond motifs is 1. The summed E-state index contributed by atoms with van der Waals surface area (Å²) in [4.78, 5) is 12.4. The third-order valence-electron chi connectivity index (χ3n) is 4.71. The fourth-order valence-electron chi connectivity index (χ4n) is 3.36. The molecule has 6 nitrogen and oxygen atoms in total. The molecule has 6 heteroatoms. The van der Waals surface area contributed by atoms with Gasteiger partial charge in [0, 0.05) is 18.1 Å². The summed E-state index contributed by atoms with van der Waals surface area (Å²) in [6.07, 6.45) is 0.929. The summed E-state index contributed by atoms with van der Waals surface area (Å²) in [5.41, 5.74) is 6.42. The minimum absolute atomic E-state index is 0.0558. The van der Waals surface area contributed by atoms with Crippen molar-refractivity contribution < 1.29 is 4.79 Å². The number of hydrogen-bond donors (Lipinski definition) is 1. The predicted octanol–water partition coefficient (Wildman–Crippen LogP) is 2.57. The van der Waals surface area contributed by atoms with E-state index in [1.807, 2.05) is 25.6 Å². The molecule has 0 unspecified atom stereocenters. The molecule has 3 rings (SSSR count). The predicted molar refractivity (Wildman–Crippen MR) is 98.4 cm³/mol. The Kier molecular flexibility index (Phi) is 4.61. The molecule has 2 aromatic heterocycles. The number of carbonyl (C=O) groups is 1. The summed E-state index contributed by atoms with van der Waals surface area (Å²) in [6.45, 7) is 8.82. The molecule has 0 atom stereocenters. The third kappa shape index (κ3) is 3.29. The molecule has 0 aliphatic rings. The van der Waals surface area contributed by atoms with E-state index in [0.717, 1.165) is 34.4 Å². The van der Waals surface area contributed by atoms with Crippen LogP contribution in [0.3, 0.4) is 0 Å². The van der Waals surface area contributed by atoms with E-state index in [4.69, 9.17) is 0 Å². The Hall–Kier alpha value is -2.63. The first-order valence-corrected chi connectivity index (χ1v) is 8.62. The largest absolute Gasteiger partial charge is 0.349 e. The molecule has 0 aliphatic carbocycles. The number of benzene rings is 1. The van der Waals surface area contributed by atoms with Crippen LogP contribution in [0.1, 0.15) is 35.1 Å². The van der Waals surface area contributed by atoms with E-state index >= 15 is 0 Å². The highest BCUT2D eigenvalue weighted by Gasteiger charge is 2.14. The number of amides is 1. The number of hydrogen-bond acceptors (Lipinski definition) is 3. The van der Waals surface area contributed by atoms with Crippen molar-refractivity contribution in [1.29, 1.82) is 0 Å². The molecule has 0 aliphatic heterocycles. The molecule has 0 fully saturated rings. The van der Waals surface area contributed by atoms with Crippen LogP contribution in [0.2, 0.25) is 0 Å². The highest BCUT2D eigenvalue weighted by atomic mass is 16.2. The van der Waals surface area contributed by atoms with Crippen LogP contribution in [-0.4, -0.2) is 25.5 Å². The molecule has 2 heterocycles. The maximum atomic E-state index is 12.4. The van der Waals surface area contributed by atoms with E-state index < -0.39 is 0 Å². The zero-order valence-corrected chi connectivity index (χ0v) is 15.6. The van der Waals surface area contributed by atoms with E-state index in [1.54, 1.807) is 4.68 Å². The van der Waals surface area contributed by atoms with Crippen LogP contribution in [0, 0.1) is 20.8 Å². The number of nitrogens with one attached hydrogen (secondary N) is 1. The van der Waals surface area contributed by atoms with Gasteiger partial charge in [0.05, 0.1) is 23.4 Å². The standard InChI is InChI=1S/C19H25N5O/c1-6-15-13(3)21-24(14(15)4)11-19(25)20-10-17-16-9-12(2)7-8-18(16)23(5)22-17/h7-9H,6,10-11H2,1-5H3,(H,20,25). The van der Waals surface area contributed by atoms with Crippen LogP contribution < -0.4 is 5.32 Å². The van der Waals surface area contributed by atoms with Crippen LogP contribution in [-0.2, 0) is 31.4 Å². The average Bonchev–Trinajstić information content (AvgIpc) is 3.02. The molecule has 0 saturated heterocycles. The Morgan fingerprint density at radius 3 is 2.64 bits per heavy atom. The summed E-state index contributed by atoms with van der Waals surface area (Å²) in [7, 11) is 1.92. The number of aromatic nitrogens is 4. The monoisotopic (exact) mass is 339 g/mol. The Morgan fingerprint density at radius 2 is 1.96 bits per heavy atom.